The number of fused-ring (bicyclic) bond motifs is 2. The average Bonchev–Trinajstić information content (AvgIpc) is 2.82. The van der Waals surface area contributed by atoms with Crippen molar-refractivity contribution in [2.45, 2.75) is 35.1 Å². The second-order valence-electron chi connectivity index (χ2n) is 7.31. The molecule has 5 heteroatoms. The molecule has 0 saturated carbocycles. The Morgan fingerprint density at radius 1 is 1.04 bits per heavy atom. The van der Waals surface area contributed by atoms with E-state index in [1.165, 1.54) is 11.3 Å². The number of benzene rings is 2. The van der Waals surface area contributed by atoms with E-state index in [4.69, 9.17) is 5.73 Å². The van der Waals surface area contributed by atoms with Crippen LogP contribution >= 0.6 is 0 Å². The molecule has 0 radical (unpaired) electrons. The third kappa shape index (κ3) is 2.46. The highest BCUT2D eigenvalue weighted by atomic mass is 32.2. The second kappa shape index (κ2) is 5.53. The summed E-state index contributed by atoms with van der Waals surface area (Å²) in [5, 5.41) is 0. The van der Waals surface area contributed by atoms with Gasteiger partial charge in [0.1, 0.15) is 11.4 Å². The van der Waals surface area contributed by atoms with Crippen LogP contribution < -0.4 is 4.48 Å². The van der Waals surface area contributed by atoms with E-state index in [1.54, 1.807) is 30.3 Å². The van der Waals surface area contributed by atoms with Crippen LogP contribution in [0.25, 0.3) is 11.3 Å². The van der Waals surface area contributed by atoms with Crippen LogP contribution in [-0.4, -0.2) is 28.6 Å². The minimum Gasteiger partial charge on any atom is -0.674 e. The molecule has 1 aliphatic carbocycles. The first-order valence-corrected chi connectivity index (χ1v) is 10.0. The highest BCUT2D eigenvalue weighted by Crippen LogP contribution is 2.50. The summed E-state index contributed by atoms with van der Waals surface area (Å²) in [5.41, 5.74) is 12.8. The Hall–Kier alpha value is -1.95. The van der Waals surface area contributed by atoms with Crippen LogP contribution in [0.4, 0.5) is 5.69 Å². The Kier molecular flexibility index (Phi) is 3.65. The average molecular weight is 354 g/mol. The first kappa shape index (κ1) is 16.5. The molecule has 0 unspecified atom stereocenters. The first-order chi connectivity index (χ1) is 11.8. The summed E-state index contributed by atoms with van der Waals surface area (Å²) in [6.45, 7) is 0. The lowest BCUT2D eigenvalue weighted by molar-refractivity contribution is 0.463. The molecule has 2 aromatic carbocycles. The summed E-state index contributed by atoms with van der Waals surface area (Å²) in [6.07, 6.45) is 2.49. The molecule has 130 valence electrons. The Labute approximate surface area is 149 Å². The molecular weight excluding hydrogens is 332 g/mol. The molecule has 1 N–H and O–H groups in total. The van der Waals surface area contributed by atoms with Crippen molar-refractivity contribution < 1.29 is 8.42 Å². The van der Waals surface area contributed by atoms with Gasteiger partial charge in [-0.3, -0.25) is 4.48 Å². The van der Waals surface area contributed by atoms with E-state index in [-0.39, 0.29) is 6.04 Å². The largest absolute Gasteiger partial charge is 0.674 e. The molecular formula is C20H22N2O2S. The first-order valence-electron chi connectivity index (χ1n) is 8.54. The lowest BCUT2D eigenvalue weighted by Crippen LogP contribution is -2.38. The van der Waals surface area contributed by atoms with Gasteiger partial charge in [0.05, 0.1) is 23.9 Å². The van der Waals surface area contributed by atoms with Crippen LogP contribution in [0, 0.1) is 0 Å². The molecule has 25 heavy (non-hydrogen) atoms. The normalized spacial score (nSPS) is 21.8. The fraction of sp³-hybridized carbons (Fsp3) is 0.300. The fourth-order valence-corrected chi connectivity index (χ4v) is 5.41. The van der Waals surface area contributed by atoms with E-state index >= 15 is 0 Å². The third-order valence-corrected chi connectivity index (χ3v) is 7.23. The van der Waals surface area contributed by atoms with Gasteiger partial charge in [0.2, 0.25) is 9.84 Å². The van der Waals surface area contributed by atoms with Crippen molar-refractivity contribution in [2.24, 2.45) is 0 Å². The predicted octanol–water partition coefficient (Wildman–Crippen LogP) is 4.42. The number of hydrogen-bond donors (Lipinski definition) is 0. The highest BCUT2D eigenvalue weighted by Gasteiger charge is 2.41. The summed E-state index contributed by atoms with van der Waals surface area (Å²) in [7, 11) is 0.774. The van der Waals surface area contributed by atoms with Crippen molar-refractivity contribution in [3.8, 4) is 0 Å². The second-order valence-corrected chi connectivity index (χ2v) is 9.26. The summed E-state index contributed by atoms with van der Waals surface area (Å²) >= 11 is 0. The Morgan fingerprint density at radius 2 is 1.76 bits per heavy atom. The summed E-state index contributed by atoms with van der Waals surface area (Å²) < 4.78 is 26.6. The minimum absolute atomic E-state index is 0.0981. The predicted molar refractivity (Wildman–Crippen MR) is 101 cm³/mol. The molecule has 2 aliphatic rings. The van der Waals surface area contributed by atoms with E-state index in [2.05, 4.69) is 14.1 Å². The zero-order valence-corrected chi connectivity index (χ0v) is 15.3. The zero-order valence-electron chi connectivity index (χ0n) is 14.5. The standard InChI is InChI=1S/C20H22N2O2S/c1-22(2)19-10-8-14(21)12-17(19)18-13-16(9-11-20(18)22)25(23,24)15-6-4-3-5-7-15/h3-7,9,11,13-14,21H,8,10,12H2,1-2H3/t14-/m1/s1. The molecule has 0 saturated heterocycles. The van der Waals surface area contributed by atoms with Gasteiger partial charge in [-0.15, -0.1) is 6.04 Å². The lowest BCUT2D eigenvalue weighted by Gasteiger charge is -2.32. The van der Waals surface area contributed by atoms with E-state index in [1.807, 2.05) is 18.2 Å². The van der Waals surface area contributed by atoms with Gasteiger partial charge >= 0.3 is 0 Å². The van der Waals surface area contributed by atoms with E-state index in [0.717, 1.165) is 24.1 Å². The van der Waals surface area contributed by atoms with E-state index in [0.29, 0.717) is 20.7 Å². The molecule has 4 nitrogen and oxygen atoms in total. The van der Waals surface area contributed by atoms with E-state index in [9.17, 15) is 8.42 Å². The van der Waals surface area contributed by atoms with Gasteiger partial charge in [-0.25, -0.2) is 8.42 Å². The van der Waals surface area contributed by atoms with E-state index < -0.39 is 9.84 Å². The molecule has 0 spiro atoms. The van der Waals surface area contributed by atoms with Crippen LogP contribution in [0.1, 0.15) is 24.8 Å². The Morgan fingerprint density at radius 3 is 2.48 bits per heavy atom. The number of allylic oxidation sites excluding steroid dienone is 1. The number of hydrogen-bond acceptors (Lipinski definition) is 2. The third-order valence-electron chi connectivity index (χ3n) is 5.46. The van der Waals surface area contributed by atoms with Crippen LogP contribution in [-0.2, 0) is 9.84 Å². The van der Waals surface area contributed by atoms with Gasteiger partial charge in [-0.2, -0.15) is 0 Å². The topological polar surface area (TPSA) is 57.9 Å². The summed E-state index contributed by atoms with van der Waals surface area (Å²) in [6, 6.07) is 14.0. The molecule has 1 aliphatic heterocycles. The lowest BCUT2D eigenvalue weighted by atomic mass is 9.90. The highest BCUT2D eigenvalue weighted by molar-refractivity contribution is 7.91. The van der Waals surface area contributed by atoms with Gasteiger partial charge in [0.25, 0.3) is 0 Å². The van der Waals surface area contributed by atoms with Gasteiger partial charge in [-0.1, -0.05) is 24.6 Å². The van der Waals surface area contributed by atoms with Crippen molar-refractivity contribution in [3.05, 3.63) is 65.5 Å². The maximum atomic E-state index is 13.0. The van der Waals surface area contributed by atoms with Crippen LogP contribution in [0.5, 0.6) is 0 Å². The van der Waals surface area contributed by atoms with Crippen LogP contribution in [0.15, 0.2) is 64.0 Å². The van der Waals surface area contributed by atoms with Crippen molar-refractivity contribution in [3.63, 3.8) is 0 Å². The molecule has 0 bridgehead atoms. The van der Waals surface area contributed by atoms with Gasteiger partial charge < -0.3 is 5.73 Å². The number of rotatable bonds is 2. The quantitative estimate of drug-likeness (QED) is 0.750. The molecule has 0 aromatic heterocycles. The number of sulfone groups is 1. The van der Waals surface area contributed by atoms with Gasteiger partial charge in [0.15, 0.2) is 0 Å². The molecule has 0 amide bonds. The molecule has 1 heterocycles. The minimum atomic E-state index is -3.53. The smallest absolute Gasteiger partial charge is 0.206 e. The SMILES string of the molecule is C[N+]1(C)C2=C(C[C@H]([NH-])CC2)c2cc(S(=O)(=O)c3ccccc3)ccc21. The Bertz CT molecular complexity index is 976. The summed E-state index contributed by atoms with van der Waals surface area (Å²) in [5.74, 6) is 0. The number of nitrogens with zero attached hydrogens (tertiary/aromatic N) is 1. The fourth-order valence-electron chi connectivity index (χ4n) is 4.10. The van der Waals surface area contributed by atoms with Gasteiger partial charge in [0, 0.05) is 23.6 Å². The molecule has 4 rings (SSSR count). The number of quaternary nitrogens is 1. The van der Waals surface area contributed by atoms with Crippen LogP contribution in [0.2, 0.25) is 0 Å². The number of nitrogens with one attached hydrogen (secondary N) is 1. The zero-order chi connectivity index (χ0) is 17.8. The summed E-state index contributed by atoms with van der Waals surface area (Å²) in [4.78, 5) is 0.649. The van der Waals surface area contributed by atoms with Crippen molar-refractivity contribution in [1.82, 2.24) is 4.48 Å². The van der Waals surface area contributed by atoms with Gasteiger partial charge in [-0.05, 0) is 30.7 Å². The van der Waals surface area contributed by atoms with Crippen molar-refractivity contribution in [1.29, 1.82) is 0 Å². The maximum absolute atomic E-state index is 13.0. The van der Waals surface area contributed by atoms with Crippen molar-refractivity contribution in [2.75, 3.05) is 14.1 Å². The van der Waals surface area contributed by atoms with Crippen molar-refractivity contribution >= 4 is 21.1 Å². The Balaban J connectivity index is 1.87. The molecule has 0 fully saturated rings. The molecule has 1 atom stereocenters. The monoisotopic (exact) mass is 354 g/mol. The van der Waals surface area contributed by atoms with Crippen LogP contribution in [0.3, 0.4) is 0 Å². The maximum Gasteiger partial charge on any atom is 0.206 e. The molecule has 2 aromatic rings.